The molecule has 0 aliphatic heterocycles. The third-order valence-corrected chi connectivity index (χ3v) is 4.86. The zero-order chi connectivity index (χ0) is 22.2. The van der Waals surface area contributed by atoms with Crippen molar-refractivity contribution in [2.24, 2.45) is 0 Å². The average Bonchev–Trinajstić information content (AvgIpc) is 3.34. The van der Waals surface area contributed by atoms with Crippen molar-refractivity contribution >= 4 is 11.6 Å². The summed E-state index contributed by atoms with van der Waals surface area (Å²) in [7, 11) is 0. The summed E-state index contributed by atoms with van der Waals surface area (Å²) < 4.78 is 7.31. The molecular formula is C24H25N5O2. The lowest BCUT2D eigenvalue weighted by Crippen LogP contribution is -2.14. The summed E-state index contributed by atoms with van der Waals surface area (Å²) in [6, 6.07) is 16.8. The molecule has 158 valence electrons. The molecule has 0 atom stereocenters. The van der Waals surface area contributed by atoms with Gasteiger partial charge in [0.05, 0.1) is 22.5 Å². The SMILES string of the molecule is Cc1cc(C)n(-c2cccc(NC(=O)c3ccccc3-c3nc(C(C)(C)C)no3)c2)n1. The second-order valence-corrected chi connectivity index (χ2v) is 8.56. The van der Waals surface area contributed by atoms with Crippen molar-refractivity contribution in [3.63, 3.8) is 0 Å². The Morgan fingerprint density at radius 2 is 1.81 bits per heavy atom. The van der Waals surface area contributed by atoms with Gasteiger partial charge in [0.25, 0.3) is 11.8 Å². The molecule has 0 spiro atoms. The predicted molar refractivity (Wildman–Crippen MR) is 119 cm³/mol. The standard InChI is InChI=1S/C24H25N5O2/c1-15-13-16(2)29(27-15)18-10-8-9-17(14-18)25-21(30)19-11-6-7-12-20(19)22-26-23(28-31-22)24(3,4)5/h6-14H,1-5H3,(H,25,30). The van der Waals surface area contributed by atoms with Gasteiger partial charge in [-0.15, -0.1) is 0 Å². The van der Waals surface area contributed by atoms with Crippen LogP contribution in [0.1, 0.15) is 48.3 Å². The number of hydrogen-bond donors (Lipinski definition) is 1. The normalized spacial score (nSPS) is 11.5. The number of aryl methyl sites for hydroxylation is 2. The van der Waals surface area contributed by atoms with Crippen LogP contribution >= 0.6 is 0 Å². The zero-order valence-electron chi connectivity index (χ0n) is 18.3. The Bertz CT molecular complexity index is 1250. The largest absolute Gasteiger partial charge is 0.334 e. The first-order valence-corrected chi connectivity index (χ1v) is 10.1. The molecule has 1 N–H and O–H groups in total. The molecule has 1 amide bonds. The Balaban J connectivity index is 1.63. The predicted octanol–water partition coefficient (Wildman–Crippen LogP) is 5.09. The molecule has 0 aliphatic rings. The van der Waals surface area contributed by atoms with Crippen LogP contribution in [-0.4, -0.2) is 25.8 Å². The Morgan fingerprint density at radius 1 is 1.03 bits per heavy atom. The zero-order valence-corrected chi connectivity index (χ0v) is 18.3. The van der Waals surface area contributed by atoms with Crippen molar-refractivity contribution in [2.45, 2.75) is 40.0 Å². The number of benzene rings is 2. The van der Waals surface area contributed by atoms with Crippen LogP contribution in [0.3, 0.4) is 0 Å². The van der Waals surface area contributed by atoms with Gasteiger partial charge in [-0.3, -0.25) is 4.79 Å². The number of rotatable bonds is 4. The highest BCUT2D eigenvalue weighted by Gasteiger charge is 2.23. The minimum atomic E-state index is -0.253. The number of aromatic nitrogens is 4. The monoisotopic (exact) mass is 415 g/mol. The van der Waals surface area contributed by atoms with Crippen molar-refractivity contribution in [1.82, 2.24) is 19.9 Å². The topological polar surface area (TPSA) is 85.8 Å². The molecule has 2 aromatic carbocycles. The summed E-state index contributed by atoms with van der Waals surface area (Å²) in [5.41, 5.74) is 4.32. The molecule has 0 fully saturated rings. The first-order chi connectivity index (χ1) is 14.7. The van der Waals surface area contributed by atoms with Crippen LogP contribution in [0.5, 0.6) is 0 Å². The van der Waals surface area contributed by atoms with E-state index in [0.717, 1.165) is 17.1 Å². The number of nitrogens with zero attached hydrogens (tertiary/aromatic N) is 4. The van der Waals surface area contributed by atoms with Crippen molar-refractivity contribution < 1.29 is 9.32 Å². The van der Waals surface area contributed by atoms with Crippen molar-refractivity contribution in [1.29, 1.82) is 0 Å². The molecule has 0 unspecified atom stereocenters. The molecule has 0 saturated carbocycles. The maximum Gasteiger partial charge on any atom is 0.258 e. The van der Waals surface area contributed by atoms with Crippen LogP contribution in [0.15, 0.2) is 59.1 Å². The van der Waals surface area contributed by atoms with Crippen LogP contribution in [-0.2, 0) is 5.41 Å². The van der Waals surface area contributed by atoms with Gasteiger partial charge in [0.2, 0.25) is 0 Å². The highest BCUT2D eigenvalue weighted by Crippen LogP contribution is 2.27. The number of carbonyl (C=O) groups is 1. The molecule has 0 saturated heterocycles. The van der Waals surface area contributed by atoms with E-state index < -0.39 is 0 Å². The van der Waals surface area contributed by atoms with Crippen molar-refractivity contribution in [3.8, 4) is 17.1 Å². The van der Waals surface area contributed by atoms with E-state index in [1.807, 2.05) is 81.8 Å². The van der Waals surface area contributed by atoms with Gasteiger partial charge >= 0.3 is 0 Å². The second kappa shape index (κ2) is 7.83. The Labute approximate surface area is 181 Å². The minimum Gasteiger partial charge on any atom is -0.334 e. The van der Waals surface area contributed by atoms with Crippen LogP contribution in [0, 0.1) is 13.8 Å². The van der Waals surface area contributed by atoms with Crippen LogP contribution in [0.25, 0.3) is 17.1 Å². The molecule has 0 aliphatic carbocycles. The van der Waals surface area contributed by atoms with Gasteiger partial charge < -0.3 is 9.84 Å². The molecule has 7 heteroatoms. The van der Waals surface area contributed by atoms with Crippen molar-refractivity contribution in [3.05, 3.63) is 77.4 Å². The van der Waals surface area contributed by atoms with E-state index in [1.165, 1.54) is 0 Å². The van der Waals surface area contributed by atoms with E-state index in [0.29, 0.717) is 28.5 Å². The molecular weight excluding hydrogens is 390 g/mol. The molecule has 0 radical (unpaired) electrons. The van der Waals surface area contributed by atoms with Crippen LogP contribution in [0.4, 0.5) is 5.69 Å². The first kappa shape index (κ1) is 20.5. The molecule has 4 rings (SSSR count). The number of hydrogen-bond acceptors (Lipinski definition) is 5. The van der Waals surface area contributed by atoms with Crippen LogP contribution in [0.2, 0.25) is 0 Å². The van der Waals surface area contributed by atoms with Crippen molar-refractivity contribution in [2.75, 3.05) is 5.32 Å². The summed E-state index contributed by atoms with van der Waals surface area (Å²) in [5, 5.41) is 11.6. The van der Waals surface area contributed by atoms with Gasteiger partial charge in [-0.2, -0.15) is 10.1 Å². The highest BCUT2D eigenvalue weighted by atomic mass is 16.5. The number of amides is 1. The number of anilines is 1. The fraction of sp³-hybridized carbons (Fsp3) is 0.250. The quantitative estimate of drug-likeness (QED) is 0.502. The van der Waals surface area contributed by atoms with E-state index in [-0.39, 0.29) is 11.3 Å². The molecule has 2 aromatic heterocycles. The summed E-state index contributed by atoms with van der Waals surface area (Å²) in [6.07, 6.45) is 0. The van der Waals surface area contributed by atoms with E-state index in [4.69, 9.17) is 4.52 Å². The molecule has 7 nitrogen and oxygen atoms in total. The third kappa shape index (κ3) is 4.26. The Morgan fingerprint density at radius 3 is 2.48 bits per heavy atom. The van der Waals surface area contributed by atoms with Gasteiger partial charge in [0.1, 0.15) is 0 Å². The second-order valence-electron chi connectivity index (χ2n) is 8.56. The Hall–Kier alpha value is -3.74. The van der Waals surface area contributed by atoms with E-state index in [9.17, 15) is 4.79 Å². The van der Waals surface area contributed by atoms with Gasteiger partial charge in [0, 0.05) is 16.8 Å². The summed E-state index contributed by atoms with van der Waals surface area (Å²) in [4.78, 5) is 17.6. The molecule has 2 heterocycles. The van der Waals surface area contributed by atoms with E-state index >= 15 is 0 Å². The lowest BCUT2D eigenvalue weighted by atomic mass is 9.96. The maximum absolute atomic E-state index is 13.1. The third-order valence-electron chi connectivity index (χ3n) is 4.86. The smallest absolute Gasteiger partial charge is 0.258 e. The Kier molecular flexibility index (Phi) is 5.19. The highest BCUT2D eigenvalue weighted by molar-refractivity contribution is 6.08. The fourth-order valence-electron chi connectivity index (χ4n) is 3.31. The average molecular weight is 415 g/mol. The minimum absolute atomic E-state index is 0.248. The molecule has 4 aromatic rings. The summed E-state index contributed by atoms with van der Waals surface area (Å²) in [6.45, 7) is 9.98. The van der Waals surface area contributed by atoms with E-state index in [1.54, 1.807) is 12.1 Å². The molecule has 0 bridgehead atoms. The van der Waals surface area contributed by atoms with E-state index in [2.05, 4.69) is 20.6 Å². The number of carbonyl (C=O) groups excluding carboxylic acids is 1. The van der Waals surface area contributed by atoms with Gasteiger partial charge in [-0.05, 0) is 50.2 Å². The lowest BCUT2D eigenvalue weighted by Gasteiger charge is -2.11. The maximum atomic E-state index is 13.1. The molecule has 31 heavy (non-hydrogen) atoms. The fourth-order valence-corrected chi connectivity index (χ4v) is 3.31. The van der Waals surface area contributed by atoms with Gasteiger partial charge in [-0.25, -0.2) is 4.68 Å². The van der Waals surface area contributed by atoms with Gasteiger partial charge in [0.15, 0.2) is 5.82 Å². The van der Waals surface area contributed by atoms with Crippen LogP contribution < -0.4 is 5.32 Å². The van der Waals surface area contributed by atoms with Gasteiger partial charge in [-0.1, -0.05) is 44.1 Å². The lowest BCUT2D eigenvalue weighted by molar-refractivity contribution is 0.102. The summed E-state index contributed by atoms with van der Waals surface area (Å²) >= 11 is 0. The first-order valence-electron chi connectivity index (χ1n) is 10.1. The summed E-state index contributed by atoms with van der Waals surface area (Å²) in [5.74, 6) is 0.666. The number of nitrogens with one attached hydrogen (secondary N) is 1.